The fourth-order valence-corrected chi connectivity index (χ4v) is 6.12. The molecule has 2 heterocycles. The molecule has 0 unspecified atom stereocenters. The van der Waals surface area contributed by atoms with Crippen molar-refractivity contribution in [2.45, 2.75) is 57.2 Å². The molecule has 224 valence electrons. The summed E-state index contributed by atoms with van der Waals surface area (Å²) in [7, 11) is 3.13. The maximum atomic E-state index is 14.4. The summed E-state index contributed by atoms with van der Waals surface area (Å²) in [4.78, 5) is 33.6. The van der Waals surface area contributed by atoms with Crippen LogP contribution >= 0.6 is 0 Å². The number of carbonyl (C=O) groups is 2. The number of hydrogen-bond acceptors (Lipinski definition) is 6. The molecule has 1 saturated carbocycles. The molecule has 9 heteroatoms. The molecule has 4 aromatic rings. The highest BCUT2D eigenvalue weighted by atomic mass is 16.7. The first-order valence-electron chi connectivity index (χ1n) is 14.8. The van der Waals surface area contributed by atoms with Gasteiger partial charge in [-0.25, -0.2) is 0 Å². The Balaban J connectivity index is 1.41. The van der Waals surface area contributed by atoms with Crippen LogP contribution in [0.5, 0.6) is 23.0 Å². The molecular formula is C34H37N3O6. The number of nitrogens with zero attached hydrogens (tertiary/aromatic N) is 1. The van der Waals surface area contributed by atoms with Gasteiger partial charge in [0.15, 0.2) is 23.0 Å². The lowest BCUT2D eigenvalue weighted by Gasteiger charge is -2.34. The van der Waals surface area contributed by atoms with Crippen molar-refractivity contribution in [3.63, 3.8) is 0 Å². The van der Waals surface area contributed by atoms with E-state index in [0.717, 1.165) is 47.7 Å². The number of amides is 2. The van der Waals surface area contributed by atoms with Crippen molar-refractivity contribution in [2.24, 2.45) is 0 Å². The maximum Gasteiger partial charge on any atom is 0.247 e. The third-order valence-corrected chi connectivity index (χ3v) is 8.36. The topological polar surface area (TPSA) is 102 Å². The van der Waals surface area contributed by atoms with Crippen molar-refractivity contribution < 1.29 is 28.5 Å². The van der Waals surface area contributed by atoms with E-state index in [-0.39, 0.29) is 37.6 Å². The molecule has 0 saturated heterocycles. The highest BCUT2D eigenvalue weighted by Crippen LogP contribution is 2.36. The number of H-pyrrole nitrogens is 1. The predicted octanol–water partition coefficient (Wildman–Crippen LogP) is 5.68. The van der Waals surface area contributed by atoms with Gasteiger partial charge in [0.1, 0.15) is 6.04 Å². The van der Waals surface area contributed by atoms with Crippen molar-refractivity contribution >= 4 is 22.7 Å². The van der Waals surface area contributed by atoms with Crippen LogP contribution in [0.1, 0.15) is 54.8 Å². The molecule has 6 rings (SSSR count). The highest BCUT2D eigenvalue weighted by molar-refractivity contribution is 5.92. The largest absolute Gasteiger partial charge is 0.493 e. The van der Waals surface area contributed by atoms with E-state index in [1.165, 1.54) is 6.42 Å². The molecule has 9 nitrogen and oxygen atoms in total. The van der Waals surface area contributed by atoms with Crippen LogP contribution in [-0.2, 0) is 22.6 Å². The van der Waals surface area contributed by atoms with Gasteiger partial charge in [0.2, 0.25) is 18.6 Å². The van der Waals surface area contributed by atoms with E-state index in [4.69, 9.17) is 18.9 Å². The minimum Gasteiger partial charge on any atom is -0.493 e. The number of benzene rings is 3. The van der Waals surface area contributed by atoms with E-state index in [0.29, 0.717) is 28.6 Å². The Kier molecular flexibility index (Phi) is 8.40. The fourth-order valence-electron chi connectivity index (χ4n) is 6.12. The van der Waals surface area contributed by atoms with Gasteiger partial charge in [-0.1, -0.05) is 49.6 Å². The second-order valence-corrected chi connectivity index (χ2v) is 11.1. The summed E-state index contributed by atoms with van der Waals surface area (Å²) in [5.74, 6) is 1.92. The van der Waals surface area contributed by atoms with Crippen LogP contribution in [0.4, 0.5) is 0 Å². The molecule has 1 atom stereocenters. The predicted molar refractivity (Wildman–Crippen MR) is 162 cm³/mol. The van der Waals surface area contributed by atoms with Crippen LogP contribution in [0.3, 0.4) is 0 Å². The number of rotatable bonds is 10. The molecule has 2 N–H and O–H groups in total. The Hall–Kier alpha value is -4.66. The second kappa shape index (κ2) is 12.7. The van der Waals surface area contributed by atoms with Gasteiger partial charge in [-0.15, -0.1) is 0 Å². The molecule has 2 aliphatic rings. The quantitative estimate of drug-likeness (QED) is 0.249. The van der Waals surface area contributed by atoms with E-state index in [1.54, 1.807) is 31.3 Å². The zero-order valence-corrected chi connectivity index (χ0v) is 24.6. The third kappa shape index (κ3) is 6.11. The molecule has 2 amide bonds. The van der Waals surface area contributed by atoms with Crippen molar-refractivity contribution in [3.8, 4) is 23.0 Å². The lowest BCUT2D eigenvalue weighted by Crippen LogP contribution is -2.47. The van der Waals surface area contributed by atoms with Crippen molar-refractivity contribution in [2.75, 3.05) is 21.0 Å². The number of para-hydroxylation sites is 1. The molecule has 1 fully saturated rings. The molecule has 1 aromatic heterocycles. The summed E-state index contributed by atoms with van der Waals surface area (Å²) in [5, 5.41) is 4.26. The summed E-state index contributed by atoms with van der Waals surface area (Å²) in [6, 6.07) is 18.1. The zero-order chi connectivity index (χ0) is 29.8. The van der Waals surface area contributed by atoms with E-state index in [9.17, 15) is 9.59 Å². The lowest BCUT2D eigenvalue weighted by atomic mass is 9.94. The van der Waals surface area contributed by atoms with Crippen LogP contribution < -0.4 is 24.3 Å². The zero-order valence-electron chi connectivity index (χ0n) is 24.6. The number of ether oxygens (including phenoxy) is 4. The monoisotopic (exact) mass is 583 g/mol. The Morgan fingerprint density at radius 2 is 1.74 bits per heavy atom. The smallest absolute Gasteiger partial charge is 0.247 e. The van der Waals surface area contributed by atoms with Gasteiger partial charge in [0, 0.05) is 29.7 Å². The van der Waals surface area contributed by atoms with Crippen LogP contribution in [0, 0.1) is 0 Å². The second-order valence-electron chi connectivity index (χ2n) is 11.1. The number of nitrogens with one attached hydrogen (secondary N) is 2. The van der Waals surface area contributed by atoms with Crippen LogP contribution in [0.2, 0.25) is 0 Å². The summed E-state index contributed by atoms with van der Waals surface area (Å²) in [6.45, 7) is 0.342. The molecule has 3 aromatic carbocycles. The molecule has 0 spiro atoms. The van der Waals surface area contributed by atoms with Crippen LogP contribution in [-0.4, -0.2) is 48.8 Å². The van der Waals surface area contributed by atoms with E-state index in [2.05, 4.69) is 10.3 Å². The number of fused-ring (bicyclic) bond motifs is 2. The number of methoxy groups -OCH3 is 2. The van der Waals surface area contributed by atoms with Crippen LogP contribution in [0.15, 0.2) is 66.9 Å². The first kappa shape index (κ1) is 28.5. The van der Waals surface area contributed by atoms with Gasteiger partial charge >= 0.3 is 0 Å². The van der Waals surface area contributed by atoms with E-state index >= 15 is 0 Å². The average Bonchev–Trinajstić information content (AvgIpc) is 3.68. The summed E-state index contributed by atoms with van der Waals surface area (Å²) in [6.07, 6.45) is 7.17. The summed E-state index contributed by atoms with van der Waals surface area (Å²) < 4.78 is 22.2. The summed E-state index contributed by atoms with van der Waals surface area (Å²) >= 11 is 0. The molecular weight excluding hydrogens is 546 g/mol. The van der Waals surface area contributed by atoms with Crippen molar-refractivity contribution in [3.05, 3.63) is 83.6 Å². The molecule has 0 bridgehead atoms. The Morgan fingerprint density at radius 3 is 2.56 bits per heavy atom. The molecule has 43 heavy (non-hydrogen) atoms. The molecule has 0 radical (unpaired) electrons. The first-order valence-corrected chi connectivity index (χ1v) is 14.8. The molecule has 1 aliphatic heterocycles. The van der Waals surface area contributed by atoms with Gasteiger partial charge in [0.25, 0.3) is 0 Å². The number of hydrogen-bond donors (Lipinski definition) is 2. The van der Waals surface area contributed by atoms with E-state index < -0.39 is 6.04 Å². The average molecular weight is 584 g/mol. The van der Waals surface area contributed by atoms with Gasteiger partial charge in [0.05, 0.1) is 20.6 Å². The lowest BCUT2D eigenvalue weighted by molar-refractivity contribution is -0.141. The minimum absolute atomic E-state index is 0.0695. The Morgan fingerprint density at radius 1 is 0.953 bits per heavy atom. The van der Waals surface area contributed by atoms with Crippen LogP contribution in [0.25, 0.3) is 10.9 Å². The number of aromatic nitrogens is 1. The summed E-state index contributed by atoms with van der Waals surface area (Å²) in [5.41, 5.74) is 3.29. The third-order valence-electron chi connectivity index (χ3n) is 8.36. The standard InChI is InChI=1S/C34H37N3O6/c1-40-28-15-13-23(17-30(28)41-2)33(34(39)36-25-8-4-3-5-9-25)37(20-22-12-14-29-31(16-22)43-21-42-29)32(38)18-24-19-35-27-11-7-6-10-26(24)27/h6-7,10-17,19,25,33,35H,3-5,8-9,18,20-21H2,1-2H3,(H,36,39)/t33-/m1/s1. The Bertz CT molecular complexity index is 1610. The first-order chi connectivity index (χ1) is 21.0. The number of aromatic amines is 1. The van der Waals surface area contributed by atoms with Gasteiger partial charge in [-0.3, -0.25) is 9.59 Å². The van der Waals surface area contributed by atoms with Crippen molar-refractivity contribution in [1.82, 2.24) is 15.2 Å². The van der Waals surface area contributed by atoms with E-state index in [1.807, 2.05) is 54.7 Å². The Labute approximate surface area is 251 Å². The number of carbonyl (C=O) groups excluding carboxylic acids is 2. The molecule has 1 aliphatic carbocycles. The SMILES string of the molecule is COc1ccc([C@H](C(=O)NC2CCCCC2)N(Cc2ccc3c(c2)OCO3)C(=O)Cc2c[nH]c3ccccc23)cc1OC. The fraction of sp³-hybridized carbons (Fsp3) is 0.353. The minimum atomic E-state index is -0.912. The normalized spacial score (nSPS) is 15.2. The highest BCUT2D eigenvalue weighted by Gasteiger charge is 2.34. The van der Waals surface area contributed by atoms with Gasteiger partial charge in [-0.05, 0) is 59.9 Å². The maximum absolute atomic E-state index is 14.4. The van der Waals surface area contributed by atoms with Gasteiger partial charge in [-0.2, -0.15) is 0 Å². The van der Waals surface area contributed by atoms with Gasteiger partial charge < -0.3 is 34.1 Å². The van der Waals surface area contributed by atoms with Crippen molar-refractivity contribution in [1.29, 1.82) is 0 Å².